The topological polar surface area (TPSA) is 64.0 Å². The Hall–Kier alpha value is -1.64. The summed E-state index contributed by atoms with van der Waals surface area (Å²) in [6, 6.07) is 10.7. The van der Waals surface area contributed by atoms with Gasteiger partial charge in [0.25, 0.3) is 10.0 Å². The second-order valence-corrected chi connectivity index (χ2v) is 9.03. The van der Waals surface area contributed by atoms with E-state index in [2.05, 4.69) is 25.8 Å². The molecule has 0 bridgehead atoms. The average Bonchev–Trinajstić information content (AvgIpc) is 3.14. The lowest BCUT2D eigenvalue weighted by Crippen LogP contribution is -2.12. The Labute approximate surface area is 153 Å². The summed E-state index contributed by atoms with van der Waals surface area (Å²) in [7, 11) is -3.53. The van der Waals surface area contributed by atoms with Crippen LogP contribution in [0, 0.1) is 13.8 Å². The fourth-order valence-electron chi connectivity index (χ4n) is 2.36. The first-order chi connectivity index (χ1) is 11.4. The van der Waals surface area contributed by atoms with Crippen LogP contribution in [0.25, 0.3) is 0 Å². The summed E-state index contributed by atoms with van der Waals surface area (Å²) in [4.78, 5) is 0. The Morgan fingerprint density at radius 3 is 2.67 bits per heavy atom. The number of halogens is 1. The van der Waals surface area contributed by atoms with Crippen LogP contribution >= 0.6 is 27.3 Å². The smallest absolute Gasteiger partial charge is 0.271 e. The molecule has 0 saturated heterocycles. The van der Waals surface area contributed by atoms with Gasteiger partial charge in [-0.05, 0) is 58.9 Å². The zero-order chi connectivity index (χ0) is 17.3. The summed E-state index contributed by atoms with van der Waals surface area (Å²) < 4.78 is 30.4. The molecule has 1 N–H and O–H groups in total. The van der Waals surface area contributed by atoms with Gasteiger partial charge in [-0.25, -0.2) is 8.42 Å². The summed E-state index contributed by atoms with van der Waals surface area (Å²) in [5.41, 5.74) is 3.49. The lowest BCUT2D eigenvalue weighted by molar-refractivity contribution is 0.603. The maximum atomic E-state index is 12.3. The molecule has 0 amide bonds. The number of anilines is 1. The van der Waals surface area contributed by atoms with Gasteiger partial charge in [0, 0.05) is 5.69 Å². The SMILES string of the molecule is Cc1nn(Cc2cccc(NS(=O)(=O)c3cccs3)c2)c(C)c1Br. The van der Waals surface area contributed by atoms with Crippen molar-refractivity contribution >= 4 is 43.0 Å². The van der Waals surface area contributed by atoms with Gasteiger partial charge in [-0.1, -0.05) is 18.2 Å². The number of aryl methyl sites for hydroxylation is 1. The predicted octanol–water partition coefficient (Wildman–Crippen LogP) is 4.17. The van der Waals surface area contributed by atoms with Gasteiger partial charge in [-0.15, -0.1) is 11.3 Å². The molecule has 24 heavy (non-hydrogen) atoms. The first-order valence-electron chi connectivity index (χ1n) is 7.21. The van der Waals surface area contributed by atoms with E-state index in [1.54, 1.807) is 23.6 Å². The molecular formula is C16H16BrN3O2S2. The number of nitrogens with one attached hydrogen (secondary N) is 1. The minimum Gasteiger partial charge on any atom is -0.279 e. The maximum Gasteiger partial charge on any atom is 0.271 e. The Kier molecular flexibility index (Phi) is 4.80. The minimum atomic E-state index is -3.53. The maximum absolute atomic E-state index is 12.3. The summed E-state index contributed by atoms with van der Waals surface area (Å²) >= 11 is 4.71. The largest absolute Gasteiger partial charge is 0.279 e. The number of nitrogens with zero attached hydrogens (tertiary/aromatic N) is 2. The van der Waals surface area contributed by atoms with Crippen molar-refractivity contribution < 1.29 is 8.42 Å². The van der Waals surface area contributed by atoms with Crippen molar-refractivity contribution in [2.24, 2.45) is 0 Å². The molecular weight excluding hydrogens is 410 g/mol. The monoisotopic (exact) mass is 425 g/mol. The normalized spacial score (nSPS) is 11.6. The van der Waals surface area contributed by atoms with E-state index in [-0.39, 0.29) is 0 Å². The molecule has 126 valence electrons. The molecule has 2 aromatic heterocycles. The van der Waals surface area contributed by atoms with E-state index in [9.17, 15) is 8.42 Å². The highest BCUT2D eigenvalue weighted by Crippen LogP contribution is 2.23. The van der Waals surface area contributed by atoms with Gasteiger partial charge in [-0.2, -0.15) is 5.10 Å². The van der Waals surface area contributed by atoms with E-state index in [0.717, 1.165) is 21.4 Å². The highest BCUT2D eigenvalue weighted by molar-refractivity contribution is 9.10. The van der Waals surface area contributed by atoms with E-state index in [1.807, 2.05) is 36.7 Å². The van der Waals surface area contributed by atoms with Gasteiger partial charge in [0.1, 0.15) is 4.21 Å². The molecule has 0 radical (unpaired) electrons. The number of rotatable bonds is 5. The van der Waals surface area contributed by atoms with Gasteiger partial charge in [-0.3, -0.25) is 9.40 Å². The third-order valence-electron chi connectivity index (χ3n) is 3.56. The van der Waals surface area contributed by atoms with Gasteiger partial charge in [0.2, 0.25) is 0 Å². The molecule has 0 aliphatic carbocycles. The summed E-state index contributed by atoms with van der Waals surface area (Å²) in [5, 5.41) is 6.22. The van der Waals surface area contributed by atoms with Crippen LogP contribution in [-0.2, 0) is 16.6 Å². The summed E-state index contributed by atoms with van der Waals surface area (Å²) in [6.45, 7) is 4.51. The van der Waals surface area contributed by atoms with Crippen molar-refractivity contribution in [3.63, 3.8) is 0 Å². The summed E-state index contributed by atoms with van der Waals surface area (Å²) in [6.07, 6.45) is 0. The van der Waals surface area contributed by atoms with Crippen molar-refractivity contribution in [1.82, 2.24) is 9.78 Å². The van der Waals surface area contributed by atoms with Crippen molar-refractivity contribution in [3.05, 3.63) is 63.2 Å². The Balaban J connectivity index is 1.83. The molecule has 0 unspecified atom stereocenters. The Bertz CT molecular complexity index is 963. The molecule has 5 nitrogen and oxygen atoms in total. The van der Waals surface area contributed by atoms with E-state index >= 15 is 0 Å². The number of hydrogen-bond donors (Lipinski definition) is 1. The van der Waals surface area contributed by atoms with Gasteiger partial charge in [0.05, 0.1) is 22.4 Å². The molecule has 1 aromatic carbocycles. The molecule has 3 aromatic rings. The van der Waals surface area contributed by atoms with Crippen LogP contribution in [0.3, 0.4) is 0 Å². The number of aromatic nitrogens is 2. The van der Waals surface area contributed by atoms with Crippen molar-refractivity contribution in [2.45, 2.75) is 24.6 Å². The second-order valence-electron chi connectivity index (χ2n) is 5.38. The number of hydrogen-bond acceptors (Lipinski definition) is 4. The lowest BCUT2D eigenvalue weighted by atomic mass is 10.2. The van der Waals surface area contributed by atoms with Crippen molar-refractivity contribution in [2.75, 3.05) is 4.72 Å². The molecule has 2 heterocycles. The fourth-order valence-corrected chi connectivity index (χ4v) is 4.68. The molecule has 0 saturated carbocycles. The van der Waals surface area contributed by atoms with E-state index < -0.39 is 10.0 Å². The molecule has 0 atom stereocenters. The van der Waals surface area contributed by atoms with Crippen LogP contribution < -0.4 is 4.72 Å². The van der Waals surface area contributed by atoms with E-state index in [0.29, 0.717) is 16.4 Å². The van der Waals surface area contributed by atoms with Crippen molar-refractivity contribution in [3.8, 4) is 0 Å². The zero-order valence-corrected chi connectivity index (χ0v) is 16.4. The van der Waals surface area contributed by atoms with Crippen molar-refractivity contribution in [1.29, 1.82) is 0 Å². The number of sulfonamides is 1. The molecule has 0 aliphatic heterocycles. The average molecular weight is 426 g/mol. The molecule has 0 spiro atoms. The summed E-state index contributed by atoms with van der Waals surface area (Å²) in [5.74, 6) is 0. The Morgan fingerprint density at radius 1 is 1.25 bits per heavy atom. The van der Waals surface area contributed by atoms with E-state index in [4.69, 9.17) is 0 Å². The van der Waals surface area contributed by atoms with Crippen LogP contribution in [0.4, 0.5) is 5.69 Å². The van der Waals surface area contributed by atoms with Gasteiger partial charge >= 0.3 is 0 Å². The fraction of sp³-hybridized carbons (Fsp3) is 0.188. The third kappa shape index (κ3) is 3.55. The van der Waals surface area contributed by atoms with Crippen LogP contribution in [0.15, 0.2) is 50.5 Å². The zero-order valence-electron chi connectivity index (χ0n) is 13.2. The van der Waals surface area contributed by atoms with Gasteiger partial charge in [0.15, 0.2) is 0 Å². The Morgan fingerprint density at radius 2 is 2.04 bits per heavy atom. The van der Waals surface area contributed by atoms with Gasteiger partial charge < -0.3 is 0 Å². The number of thiophene rings is 1. The molecule has 0 fully saturated rings. The number of benzene rings is 1. The van der Waals surface area contributed by atoms with Crippen LogP contribution in [0.2, 0.25) is 0 Å². The molecule has 3 rings (SSSR count). The van der Waals surface area contributed by atoms with Crippen LogP contribution in [0.5, 0.6) is 0 Å². The predicted molar refractivity (Wildman–Crippen MR) is 100 cm³/mol. The highest BCUT2D eigenvalue weighted by Gasteiger charge is 2.15. The van der Waals surface area contributed by atoms with Crippen LogP contribution in [-0.4, -0.2) is 18.2 Å². The minimum absolute atomic E-state index is 0.301. The molecule has 0 aliphatic rings. The van der Waals surface area contributed by atoms with E-state index in [1.165, 1.54) is 11.3 Å². The highest BCUT2D eigenvalue weighted by atomic mass is 79.9. The third-order valence-corrected chi connectivity index (χ3v) is 7.49. The first kappa shape index (κ1) is 17.2. The second kappa shape index (κ2) is 6.70. The molecule has 8 heteroatoms. The standard InChI is InChI=1S/C16H16BrN3O2S2/c1-11-16(17)12(2)20(18-11)10-13-5-3-6-14(9-13)19-24(21,22)15-7-4-8-23-15/h3-9,19H,10H2,1-2H3. The van der Waals surface area contributed by atoms with Crippen LogP contribution in [0.1, 0.15) is 17.0 Å². The lowest BCUT2D eigenvalue weighted by Gasteiger charge is -2.09. The first-order valence-corrected chi connectivity index (χ1v) is 10.4. The quantitative estimate of drug-likeness (QED) is 0.666.